The first-order chi connectivity index (χ1) is 12.5. The predicted molar refractivity (Wildman–Crippen MR) is 103 cm³/mol. The summed E-state index contributed by atoms with van der Waals surface area (Å²) in [6.07, 6.45) is 1.96. The number of thioether (sulfide) groups is 1. The molecule has 2 aromatic carbocycles. The van der Waals surface area contributed by atoms with E-state index in [2.05, 4.69) is 15.3 Å². The van der Waals surface area contributed by atoms with Crippen molar-refractivity contribution in [1.82, 2.24) is 4.98 Å². The van der Waals surface area contributed by atoms with Crippen LogP contribution in [0.5, 0.6) is 5.88 Å². The molecule has 6 nitrogen and oxygen atoms in total. The highest BCUT2D eigenvalue weighted by Crippen LogP contribution is 2.37. The number of fused-ring (bicyclic) bond motifs is 2. The molecule has 26 heavy (non-hydrogen) atoms. The van der Waals surface area contributed by atoms with Crippen molar-refractivity contribution in [2.45, 2.75) is 11.8 Å². The van der Waals surface area contributed by atoms with E-state index >= 15 is 0 Å². The van der Waals surface area contributed by atoms with Gasteiger partial charge in [-0.05, 0) is 42.7 Å². The number of aromatic nitrogens is 1. The Balaban J connectivity index is 1.82. The number of anilines is 1. The fraction of sp³-hybridized carbons (Fsp3) is 0.105. The van der Waals surface area contributed by atoms with E-state index in [1.165, 1.54) is 6.92 Å². The quantitative estimate of drug-likeness (QED) is 0.614. The molecule has 0 spiro atoms. The van der Waals surface area contributed by atoms with Gasteiger partial charge in [0.2, 0.25) is 11.7 Å². The van der Waals surface area contributed by atoms with Gasteiger partial charge in [0.1, 0.15) is 5.71 Å². The number of benzene rings is 2. The lowest BCUT2D eigenvalue weighted by Crippen LogP contribution is -2.12. The van der Waals surface area contributed by atoms with Gasteiger partial charge in [-0.25, -0.2) is 4.99 Å². The second kappa shape index (κ2) is 6.03. The number of rotatable bonds is 3. The molecular formula is C19H15N3O3S. The summed E-state index contributed by atoms with van der Waals surface area (Å²) in [5, 5.41) is 13.8. The Morgan fingerprint density at radius 3 is 2.77 bits per heavy atom. The molecular weight excluding hydrogens is 350 g/mol. The second-order valence-electron chi connectivity index (χ2n) is 5.96. The first-order valence-corrected chi connectivity index (χ1v) is 9.14. The van der Waals surface area contributed by atoms with Crippen LogP contribution >= 0.6 is 11.8 Å². The number of hydrogen-bond donors (Lipinski definition) is 3. The second-order valence-corrected chi connectivity index (χ2v) is 6.84. The number of Topliss-reactive ketones (excluding diaryl/α,β-unsaturated/α-hetero) is 1. The third-order valence-electron chi connectivity index (χ3n) is 4.23. The molecule has 130 valence electrons. The van der Waals surface area contributed by atoms with Crippen LogP contribution < -0.4 is 5.32 Å². The molecule has 0 atom stereocenters. The van der Waals surface area contributed by atoms with Crippen LogP contribution in [0.25, 0.3) is 10.9 Å². The van der Waals surface area contributed by atoms with Gasteiger partial charge in [0, 0.05) is 28.4 Å². The highest BCUT2D eigenvalue weighted by molar-refractivity contribution is 7.98. The Morgan fingerprint density at radius 2 is 2.04 bits per heavy atom. The van der Waals surface area contributed by atoms with Crippen LogP contribution in [-0.4, -0.2) is 33.7 Å². The van der Waals surface area contributed by atoms with Gasteiger partial charge in [-0.2, -0.15) is 0 Å². The van der Waals surface area contributed by atoms with E-state index < -0.39 is 0 Å². The van der Waals surface area contributed by atoms with Gasteiger partial charge in [0.15, 0.2) is 5.88 Å². The molecule has 1 aromatic heterocycles. The fourth-order valence-corrected chi connectivity index (χ4v) is 3.53. The number of amides is 1. The first kappa shape index (κ1) is 16.4. The molecule has 0 saturated carbocycles. The normalized spacial score (nSPS) is 13.0. The maximum Gasteiger partial charge on any atom is 0.221 e. The van der Waals surface area contributed by atoms with Crippen LogP contribution in [0.1, 0.15) is 22.8 Å². The van der Waals surface area contributed by atoms with Crippen LogP contribution in [0.15, 0.2) is 46.3 Å². The number of nitrogens with one attached hydrogen (secondary N) is 2. The Labute approximate surface area is 153 Å². The van der Waals surface area contributed by atoms with Crippen LogP contribution in [0.2, 0.25) is 0 Å². The Bertz CT molecular complexity index is 1110. The zero-order valence-corrected chi connectivity index (χ0v) is 14.9. The average Bonchev–Trinajstić information content (AvgIpc) is 3.10. The van der Waals surface area contributed by atoms with Gasteiger partial charge in [-0.15, -0.1) is 11.8 Å². The minimum atomic E-state index is -0.280. The SMILES string of the molecule is CSc1ccc2[nH]c(O)c(C3=Nc4ccc(NC(C)=O)cc4C3=O)c2c1. The number of aromatic amines is 1. The molecule has 0 unspecified atom stereocenters. The summed E-state index contributed by atoms with van der Waals surface area (Å²) >= 11 is 1.58. The monoisotopic (exact) mass is 365 g/mol. The Hall–Kier alpha value is -3.06. The van der Waals surface area contributed by atoms with Gasteiger partial charge < -0.3 is 15.4 Å². The molecule has 7 heteroatoms. The van der Waals surface area contributed by atoms with Gasteiger partial charge in [0.05, 0.1) is 16.8 Å². The Kier molecular flexibility index (Phi) is 3.81. The van der Waals surface area contributed by atoms with Crippen molar-refractivity contribution in [3.8, 4) is 5.88 Å². The lowest BCUT2D eigenvalue weighted by Gasteiger charge is -2.03. The molecule has 1 aliphatic heterocycles. The maximum absolute atomic E-state index is 12.9. The first-order valence-electron chi connectivity index (χ1n) is 7.92. The van der Waals surface area contributed by atoms with Crippen LogP contribution in [0.4, 0.5) is 11.4 Å². The smallest absolute Gasteiger partial charge is 0.221 e. The lowest BCUT2D eigenvalue weighted by atomic mass is 10.0. The van der Waals surface area contributed by atoms with E-state index in [0.717, 1.165) is 15.8 Å². The maximum atomic E-state index is 12.9. The highest BCUT2D eigenvalue weighted by atomic mass is 32.2. The van der Waals surface area contributed by atoms with Gasteiger partial charge in [-0.3, -0.25) is 9.59 Å². The van der Waals surface area contributed by atoms with Crippen molar-refractivity contribution >= 4 is 51.4 Å². The summed E-state index contributed by atoms with van der Waals surface area (Å²) in [5.41, 5.74) is 2.80. The van der Waals surface area contributed by atoms with Crippen molar-refractivity contribution in [3.05, 3.63) is 47.5 Å². The van der Waals surface area contributed by atoms with Crippen LogP contribution in [-0.2, 0) is 4.79 Å². The molecule has 1 aliphatic rings. The molecule has 2 heterocycles. The number of aromatic hydroxyl groups is 1. The number of carbonyl (C=O) groups excluding carboxylic acids is 2. The van der Waals surface area contributed by atoms with E-state index in [1.54, 1.807) is 30.0 Å². The summed E-state index contributed by atoms with van der Waals surface area (Å²) < 4.78 is 0. The molecule has 0 saturated heterocycles. The summed E-state index contributed by atoms with van der Waals surface area (Å²) in [6.45, 7) is 1.41. The fourth-order valence-electron chi connectivity index (χ4n) is 3.09. The van der Waals surface area contributed by atoms with Gasteiger partial charge in [0.25, 0.3) is 0 Å². The van der Waals surface area contributed by atoms with Crippen LogP contribution in [0.3, 0.4) is 0 Å². The topological polar surface area (TPSA) is 94.5 Å². The van der Waals surface area contributed by atoms with E-state index in [9.17, 15) is 14.7 Å². The molecule has 0 bridgehead atoms. The predicted octanol–water partition coefficient (Wildman–Crippen LogP) is 3.87. The Morgan fingerprint density at radius 1 is 1.23 bits per heavy atom. The standard InChI is InChI=1S/C19H15N3O3S/c1-9(23)20-10-3-5-15-13(7-10)18(24)17(21-15)16-12-8-11(26-2)4-6-14(12)22-19(16)25/h3-8,22,25H,1-2H3,(H,20,23). The van der Waals surface area contributed by atoms with Crippen molar-refractivity contribution in [2.24, 2.45) is 4.99 Å². The number of aliphatic imine (C=N–C) groups is 1. The van der Waals surface area contributed by atoms with Crippen molar-refractivity contribution in [3.63, 3.8) is 0 Å². The zero-order valence-electron chi connectivity index (χ0n) is 14.1. The van der Waals surface area contributed by atoms with E-state index in [1.807, 2.05) is 24.5 Å². The molecule has 0 radical (unpaired) electrons. The summed E-state index contributed by atoms with van der Waals surface area (Å²) in [7, 11) is 0. The highest BCUT2D eigenvalue weighted by Gasteiger charge is 2.30. The molecule has 3 aromatic rings. The zero-order chi connectivity index (χ0) is 18.4. The van der Waals surface area contributed by atoms with E-state index in [0.29, 0.717) is 22.5 Å². The summed E-state index contributed by atoms with van der Waals surface area (Å²) in [5.74, 6) is -0.575. The van der Waals surface area contributed by atoms with Gasteiger partial charge in [-0.1, -0.05) is 0 Å². The molecule has 0 aliphatic carbocycles. The molecule has 4 rings (SSSR count). The summed E-state index contributed by atoms with van der Waals surface area (Å²) in [4.78, 5) is 32.5. The summed E-state index contributed by atoms with van der Waals surface area (Å²) in [6, 6.07) is 10.7. The number of hydrogen-bond acceptors (Lipinski definition) is 5. The molecule has 0 fully saturated rings. The van der Waals surface area contributed by atoms with E-state index in [-0.39, 0.29) is 23.3 Å². The van der Waals surface area contributed by atoms with Crippen molar-refractivity contribution in [1.29, 1.82) is 0 Å². The van der Waals surface area contributed by atoms with Crippen LogP contribution in [0, 0.1) is 0 Å². The average molecular weight is 365 g/mol. The number of H-pyrrole nitrogens is 1. The lowest BCUT2D eigenvalue weighted by molar-refractivity contribution is -0.114. The number of carbonyl (C=O) groups is 2. The minimum absolute atomic E-state index is 0.0831. The minimum Gasteiger partial charge on any atom is -0.494 e. The third kappa shape index (κ3) is 2.57. The number of nitrogens with zero attached hydrogens (tertiary/aromatic N) is 1. The van der Waals surface area contributed by atoms with Crippen molar-refractivity contribution < 1.29 is 14.7 Å². The van der Waals surface area contributed by atoms with Gasteiger partial charge >= 0.3 is 0 Å². The molecule has 3 N–H and O–H groups in total. The number of ketones is 1. The molecule has 1 amide bonds. The third-order valence-corrected chi connectivity index (χ3v) is 4.96. The largest absolute Gasteiger partial charge is 0.494 e. The van der Waals surface area contributed by atoms with E-state index in [4.69, 9.17) is 0 Å². The van der Waals surface area contributed by atoms with Crippen molar-refractivity contribution in [2.75, 3.05) is 11.6 Å².